The number of hydrogen-bond acceptors (Lipinski definition) is 4. The number of hydrogen-bond donors (Lipinski definition) is 0. The molecule has 0 bridgehead atoms. The first kappa shape index (κ1) is 14.6. The van der Waals surface area contributed by atoms with Crippen LogP contribution in [0.4, 0.5) is 0 Å². The van der Waals surface area contributed by atoms with E-state index in [4.69, 9.17) is 11.6 Å². The molecule has 24 heavy (non-hydrogen) atoms. The van der Waals surface area contributed by atoms with Gasteiger partial charge in [-0.25, -0.2) is 4.68 Å². The molecule has 4 rings (SSSR count). The Bertz CT molecular complexity index is 943. The van der Waals surface area contributed by atoms with Crippen LogP contribution < -0.4 is 0 Å². The SMILES string of the molecule is Clc1ccc(-n2cc(-c3cnn(Cc4ccccc4)c3)cn2)nn1. The normalized spacial score (nSPS) is 10.9. The topological polar surface area (TPSA) is 61.4 Å². The van der Waals surface area contributed by atoms with Crippen LogP contribution in [0.15, 0.2) is 67.3 Å². The van der Waals surface area contributed by atoms with Crippen molar-refractivity contribution in [3.63, 3.8) is 0 Å². The van der Waals surface area contributed by atoms with Gasteiger partial charge in [0, 0.05) is 23.5 Å². The predicted molar refractivity (Wildman–Crippen MR) is 90.9 cm³/mol. The Labute approximate surface area is 143 Å². The van der Waals surface area contributed by atoms with Gasteiger partial charge in [0.2, 0.25) is 0 Å². The number of rotatable bonds is 4. The minimum atomic E-state index is 0.355. The summed E-state index contributed by atoms with van der Waals surface area (Å²) in [6, 6.07) is 13.7. The van der Waals surface area contributed by atoms with Crippen LogP contribution in [-0.4, -0.2) is 29.8 Å². The third-order valence-electron chi connectivity index (χ3n) is 3.59. The van der Waals surface area contributed by atoms with E-state index >= 15 is 0 Å². The Kier molecular flexibility index (Phi) is 3.80. The monoisotopic (exact) mass is 336 g/mol. The summed E-state index contributed by atoms with van der Waals surface area (Å²) in [4.78, 5) is 0. The molecule has 3 heterocycles. The average Bonchev–Trinajstić information content (AvgIpc) is 3.26. The van der Waals surface area contributed by atoms with E-state index in [2.05, 4.69) is 32.5 Å². The summed E-state index contributed by atoms with van der Waals surface area (Å²) in [5.74, 6) is 0.613. The molecule has 0 saturated heterocycles. The highest BCUT2D eigenvalue weighted by atomic mass is 35.5. The van der Waals surface area contributed by atoms with Crippen LogP contribution in [0.5, 0.6) is 0 Å². The minimum absolute atomic E-state index is 0.355. The van der Waals surface area contributed by atoms with Gasteiger partial charge >= 0.3 is 0 Å². The highest BCUT2D eigenvalue weighted by Crippen LogP contribution is 2.19. The number of nitrogens with zero attached hydrogens (tertiary/aromatic N) is 6. The fourth-order valence-corrected chi connectivity index (χ4v) is 2.50. The molecule has 0 spiro atoms. The summed E-state index contributed by atoms with van der Waals surface area (Å²) in [6.45, 7) is 0.734. The standard InChI is InChI=1S/C17H13ClN6/c18-16-6-7-17(22-21-16)24-12-15(9-20-24)14-8-19-23(11-14)10-13-4-2-1-3-5-13/h1-9,11-12H,10H2. The third kappa shape index (κ3) is 3.04. The van der Waals surface area contributed by atoms with Crippen molar-refractivity contribution in [3.8, 4) is 16.9 Å². The largest absolute Gasteiger partial charge is 0.268 e. The molecule has 0 fully saturated rings. The van der Waals surface area contributed by atoms with Crippen LogP contribution in [0.1, 0.15) is 5.56 Å². The van der Waals surface area contributed by atoms with Gasteiger partial charge in [0.15, 0.2) is 11.0 Å². The maximum absolute atomic E-state index is 5.76. The maximum atomic E-state index is 5.76. The van der Waals surface area contributed by atoms with Crippen LogP contribution >= 0.6 is 11.6 Å². The molecule has 0 amide bonds. The Morgan fingerprint density at radius 2 is 1.62 bits per heavy atom. The van der Waals surface area contributed by atoms with Crippen molar-refractivity contribution in [1.29, 1.82) is 0 Å². The molecule has 0 N–H and O–H groups in total. The molecule has 0 unspecified atom stereocenters. The van der Waals surface area contributed by atoms with E-state index in [1.807, 2.05) is 41.5 Å². The number of halogens is 1. The highest BCUT2D eigenvalue weighted by Gasteiger charge is 2.07. The van der Waals surface area contributed by atoms with Gasteiger partial charge in [0.1, 0.15) is 0 Å². The molecule has 0 radical (unpaired) electrons. The Balaban J connectivity index is 1.56. The van der Waals surface area contributed by atoms with Crippen LogP contribution in [0.2, 0.25) is 5.15 Å². The Morgan fingerprint density at radius 3 is 2.42 bits per heavy atom. The molecule has 7 heteroatoms. The van der Waals surface area contributed by atoms with Gasteiger partial charge in [-0.05, 0) is 17.7 Å². The van der Waals surface area contributed by atoms with Crippen molar-refractivity contribution >= 4 is 11.6 Å². The molecule has 3 aromatic heterocycles. The lowest BCUT2D eigenvalue weighted by Crippen LogP contribution is -1.99. The van der Waals surface area contributed by atoms with Gasteiger partial charge in [0.25, 0.3) is 0 Å². The lowest BCUT2D eigenvalue weighted by molar-refractivity contribution is 0.687. The summed E-state index contributed by atoms with van der Waals surface area (Å²) >= 11 is 5.76. The van der Waals surface area contributed by atoms with E-state index in [1.54, 1.807) is 23.0 Å². The molecule has 0 aliphatic heterocycles. The van der Waals surface area contributed by atoms with Gasteiger partial charge in [-0.2, -0.15) is 10.2 Å². The van der Waals surface area contributed by atoms with E-state index in [1.165, 1.54) is 5.56 Å². The molecule has 6 nitrogen and oxygen atoms in total. The Hall–Kier alpha value is -2.99. The van der Waals surface area contributed by atoms with Crippen molar-refractivity contribution in [2.45, 2.75) is 6.54 Å². The predicted octanol–water partition coefficient (Wildman–Crippen LogP) is 3.23. The molecular formula is C17H13ClN6. The highest BCUT2D eigenvalue weighted by molar-refractivity contribution is 6.29. The van der Waals surface area contributed by atoms with Gasteiger partial charge in [0.05, 0.1) is 18.9 Å². The number of benzene rings is 1. The quantitative estimate of drug-likeness (QED) is 0.574. The van der Waals surface area contributed by atoms with E-state index in [0.717, 1.165) is 17.7 Å². The zero-order valence-electron chi connectivity index (χ0n) is 12.6. The summed E-state index contributed by atoms with van der Waals surface area (Å²) < 4.78 is 3.57. The lowest BCUT2D eigenvalue weighted by Gasteiger charge is -2.00. The van der Waals surface area contributed by atoms with Gasteiger partial charge in [-0.1, -0.05) is 41.9 Å². The fraction of sp³-hybridized carbons (Fsp3) is 0.0588. The summed E-state index contributed by atoms with van der Waals surface area (Å²) in [7, 11) is 0. The van der Waals surface area contributed by atoms with Gasteiger partial charge < -0.3 is 0 Å². The zero-order valence-corrected chi connectivity index (χ0v) is 13.4. The van der Waals surface area contributed by atoms with Crippen molar-refractivity contribution in [3.05, 3.63) is 78.0 Å². The van der Waals surface area contributed by atoms with Crippen molar-refractivity contribution in [2.24, 2.45) is 0 Å². The molecule has 118 valence electrons. The smallest absolute Gasteiger partial charge is 0.175 e. The second-order valence-electron chi connectivity index (χ2n) is 5.30. The second kappa shape index (κ2) is 6.25. The molecule has 0 aliphatic rings. The first-order valence-corrected chi connectivity index (χ1v) is 7.77. The average molecular weight is 337 g/mol. The van der Waals surface area contributed by atoms with E-state index in [0.29, 0.717) is 11.0 Å². The van der Waals surface area contributed by atoms with E-state index in [-0.39, 0.29) is 0 Å². The Morgan fingerprint density at radius 1 is 0.833 bits per heavy atom. The maximum Gasteiger partial charge on any atom is 0.175 e. The second-order valence-corrected chi connectivity index (χ2v) is 5.69. The van der Waals surface area contributed by atoms with Crippen LogP contribution in [0, 0.1) is 0 Å². The molecule has 1 aromatic carbocycles. The van der Waals surface area contributed by atoms with Crippen molar-refractivity contribution in [1.82, 2.24) is 29.8 Å². The first-order valence-electron chi connectivity index (χ1n) is 7.39. The van der Waals surface area contributed by atoms with Crippen LogP contribution in [0.3, 0.4) is 0 Å². The molecule has 0 atom stereocenters. The molecule has 0 saturated carbocycles. The van der Waals surface area contributed by atoms with Crippen LogP contribution in [-0.2, 0) is 6.54 Å². The zero-order chi connectivity index (χ0) is 16.4. The molecule has 4 aromatic rings. The van der Waals surface area contributed by atoms with Crippen molar-refractivity contribution in [2.75, 3.05) is 0 Å². The van der Waals surface area contributed by atoms with Crippen molar-refractivity contribution < 1.29 is 0 Å². The minimum Gasteiger partial charge on any atom is -0.268 e. The lowest BCUT2D eigenvalue weighted by atomic mass is 10.2. The fourth-order valence-electron chi connectivity index (χ4n) is 2.40. The third-order valence-corrected chi connectivity index (χ3v) is 3.79. The molecular weight excluding hydrogens is 324 g/mol. The summed E-state index contributed by atoms with van der Waals surface area (Å²) in [5, 5.41) is 16.9. The van der Waals surface area contributed by atoms with E-state index in [9.17, 15) is 0 Å². The van der Waals surface area contributed by atoms with Gasteiger partial charge in [-0.3, -0.25) is 4.68 Å². The summed E-state index contributed by atoms with van der Waals surface area (Å²) in [5.41, 5.74) is 3.17. The molecule has 0 aliphatic carbocycles. The van der Waals surface area contributed by atoms with Gasteiger partial charge in [-0.15, -0.1) is 10.2 Å². The van der Waals surface area contributed by atoms with Crippen LogP contribution in [0.25, 0.3) is 16.9 Å². The number of aromatic nitrogens is 6. The first-order chi connectivity index (χ1) is 11.8. The summed E-state index contributed by atoms with van der Waals surface area (Å²) in [6.07, 6.45) is 7.50. The van der Waals surface area contributed by atoms with E-state index < -0.39 is 0 Å².